The minimum Gasteiger partial charge on any atom is -0.390 e. The van der Waals surface area contributed by atoms with Gasteiger partial charge in [0, 0.05) is 0 Å². The molecule has 1 rings (SSSR count). The van der Waals surface area contributed by atoms with Crippen LogP contribution in [0.3, 0.4) is 0 Å². The van der Waals surface area contributed by atoms with E-state index in [1.807, 2.05) is 0 Å². The van der Waals surface area contributed by atoms with Crippen molar-refractivity contribution in [2.24, 2.45) is 0 Å². The third-order valence-corrected chi connectivity index (χ3v) is 2.02. The first kappa shape index (κ1) is 10.2. The summed E-state index contributed by atoms with van der Waals surface area (Å²) in [5.41, 5.74) is 1.21. The van der Waals surface area contributed by atoms with E-state index < -0.39 is 18.0 Å². The lowest BCUT2D eigenvalue weighted by Crippen LogP contribution is -2.15. The largest absolute Gasteiger partial charge is 0.390 e. The molecule has 3 heteroatoms. The molecule has 0 aliphatic heterocycles. The Hall–Kier alpha value is -0.930. The second-order valence-corrected chi connectivity index (χ2v) is 3.19. The zero-order valence-corrected chi connectivity index (χ0v) is 7.66. The minimum atomic E-state index is -1.02. The molecule has 0 amide bonds. The molecular formula is C10H13FO2. The van der Waals surface area contributed by atoms with Crippen LogP contribution in [0.4, 0.5) is 4.39 Å². The van der Waals surface area contributed by atoms with Gasteiger partial charge in [-0.3, -0.25) is 0 Å². The van der Waals surface area contributed by atoms with Gasteiger partial charge in [-0.15, -0.1) is 0 Å². The van der Waals surface area contributed by atoms with Crippen LogP contribution in [0.1, 0.15) is 24.2 Å². The van der Waals surface area contributed by atoms with Crippen LogP contribution in [0.2, 0.25) is 0 Å². The number of hydrogen-bond acceptors (Lipinski definition) is 2. The summed E-state index contributed by atoms with van der Waals surface area (Å²) in [6, 6.07) is 4.15. The summed E-state index contributed by atoms with van der Waals surface area (Å²) in [5, 5.41) is 18.6. The highest BCUT2D eigenvalue weighted by Crippen LogP contribution is 2.21. The van der Waals surface area contributed by atoms with Crippen molar-refractivity contribution >= 4 is 0 Å². The van der Waals surface area contributed by atoms with Crippen molar-refractivity contribution in [1.82, 2.24) is 0 Å². The van der Waals surface area contributed by atoms with Crippen molar-refractivity contribution in [3.63, 3.8) is 0 Å². The lowest BCUT2D eigenvalue weighted by atomic mass is 10.0. The first-order valence-corrected chi connectivity index (χ1v) is 4.14. The van der Waals surface area contributed by atoms with Gasteiger partial charge in [-0.1, -0.05) is 6.07 Å². The van der Waals surface area contributed by atoms with E-state index in [4.69, 9.17) is 5.11 Å². The lowest BCUT2D eigenvalue weighted by molar-refractivity contribution is 0.0300. The maximum Gasteiger partial charge on any atom is 0.123 e. The Bertz CT molecular complexity index is 297. The summed E-state index contributed by atoms with van der Waals surface area (Å²) in [4.78, 5) is 0. The second-order valence-electron chi connectivity index (χ2n) is 3.19. The first-order valence-electron chi connectivity index (χ1n) is 4.14. The SMILES string of the molecule is Cc1ccc(F)cc1C(O)C(C)O. The van der Waals surface area contributed by atoms with Gasteiger partial charge in [0.15, 0.2) is 0 Å². The molecular weight excluding hydrogens is 171 g/mol. The molecule has 72 valence electrons. The molecule has 2 nitrogen and oxygen atoms in total. The van der Waals surface area contributed by atoms with E-state index in [9.17, 15) is 9.50 Å². The number of hydrogen-bond donors (Lipinski definition) is 2. The Morgan fingerprint density at radius 2 is 1.92 bits per heavy atom. The summed E-state index contributed by atoms with van der Waals surface area (Å²) in [6.45, 7) is 3.23. The maximum atomic E-state index is 12.8. The fraction of sp³-hybridized carbons (Fsp3) is 0.400. The number of aliphatic hydroxyl groups excluding tert-OH is 2. The molecule has 0 aromatic heterocycles. The molecule has 0 bridgehead atoms. The fourth-order valence-electron chi connectivity index (χ4n) is 1.19. The van der Waals surface area contributed by atoms with Crippen molar-refractivity contribution in [3.8, 4) is 0 Å². The lowest BCUT2D eigenvalue weighted by Gasteiger charge is -2.16. The van der Waals surface area contributed by atoms with Gasteiger partial charge < -0.3 is 10.2 Å². The van der Waals surface area contributed by atoms with Crippen LogP contribution in [-0.4, -0.2) is 16.3 Å². The number of rotatable bonds is 2. The van der Waals surface area contributed by atoms with E-state index in [2.05, 4.69) is 0 Å². The normalized spacial score (nSPS) is 15.5. The summed E-state index contributed by atoms with van der Waals surface area (Å²) >= 11 is 0. The Kier molecular flexibility index (Phi) is 3.01. The average molecular weight is 184 g/mol. The number of halogens is 1. The monoisotopic (exact) mass is 184 g/mol. The Morgan fingerprint density at radius 1 is 1.31 bits per heavy atom. The Balaban J connectivity index is 3.05. The van der Waals surface area contributed by atoms with Crippen molar-refractivity contribution in [3.05, 3.63) is 35.1 Å². The van der Waals surface area contributed by atoms with Gasteiger partial charge in [-0.25, -0.2) is 4.39 Å². The van der Waals surface area contributed by atoms with Gasteiger partial charge in [-0.05, 0) is 37.1 Å². The van der Waals surface area contributed by atoms with E-state index in [0.717, 1.165) is 5.56 Å². The van der Waals surface area contributed by atoms with Crippen LogP contribution in [0.5, 0.6) is 0 Å². The highest BCUT2D eigenvalue weighted by Gasteiger charge is 2.16. The summed E-state index contributed by atoms with van der Waals surface area (Å²) < 4.78 is 12.8. The smallest absolute Gasteiger partial charge is 0.123 e. The van der Waals surface area contributed by atoms with Gasteiger partial charge in [0.25, 0.3) is 0 Å². The molecule has 1 aromatic carbocycles. The number of benzene rings is 1. The van der Waals surface area contributed by atoms with E-state index in [-0.39, 0.29) is 0 Å². The molecule has 0 heterocycles. The molecule has 0 radical (unpaired) electrons. The molecule has 0 saturated carbocycles. The zero-order valence-electron chi connectivity index (χ0n) is 7.66. The van der Waals surface area contributed by atoms with E-state index in [1.165, 1.54) is 19.1 Å². The molecule has 0 aliphatic rings. The predicted molar refractivity (Wildman–Crippen MR) is 47.8 cm³/mol. The Morgan fingerprint density at radius 3 is 2.46 bits per heavy atom. The molecule has 1 aromatic rings. The Labute approximate surface area is 76.6 Å². The molecule has 0 spiro atoms. The van der Waals surface area contributed by atoms with Crippen molar-refractivity contribution in [2.45, 2.75) is 26.1 Å². The van der Waals surface area contributed by atoms with Crippen LogP contribution >= 0.6 is 0 Å². The van der Waals surface area contributed by atoms with Gasteiger partial charge in [0.2, 0.25) is 0 Å². The second kappa shape index (κ2) is 3.85. The van der Waals surface area contributed by atoms with Crippen LogP contribution in [0.15, 0.2) is 18.2 Å². The molecule has 13 heavy (non-hydrogen) atoms. The number of aliphatic hydroxyl groups is 2. The van der Waals surface area contributed by atoms with Gasteiger partial charge in [-0.2, -0.15) is 0 Å². The van der Waals surface area contributed by atoms with Crippen LogP contribution in [0, 0.1) is 12.7 Å². The van der Waals surface area contributed by atoms with Crippen LogP contribution in [-0.2, 0) is 0 Å². The summed E-state index contributed by atoms with van der Waals surface area (Å²) in [5.74, 6) is -0.402. The highest BCUT2D eigenvalue weighted by atomic mass is 19.1. The number of aryl methyl sites for hydroxylation is 1. The minimum absolute atomic E-state index is 0.402. The van der Waals surface area contributed by atoms with E-state index in [1.54, 1.807) is 13.0 Å². The standard InChI is InChI=1S/C10H13FO2/c1-6-3-4-8(11)5-9(6)10(13)7(2)12/h3-5,7,10,12-13H,1-2H3. The van der Waals surface area contributed by atoms with Crippen LogP contribution in [0.25, 0.3) is 0 Å². The van der Waals surface area contributed by atoms with Gasteiger partial charge >= 0.3 is 0 Å². The zero-order chi connectivity index (χ0) is 10.0. The predicted octanol–water partition coefficient (Wildman–Crippen LogP) is 1.55. The average Bonchev–Trinajstić information content (AvgIpc) is 2.08. The molecule has 2 N–H and O–H groups in total. The molecule has 2 atom stereocenters. The van der Waals surface area contributed by atoms with Crippen molar-refractivity contribution in [1.29, 1.82) is 0 Å². The third kappa shape index (κ3) is 2.26. The maximum absolute atomic E-state index is 12.8. The highest BCUT2D eigenvalue weighted by molar-refractivity contribution is 5.29. The van der Waals surface area contributed by atoms with E-state index in [0.29, 0.717) is 5.56 Å². The fourth-order valence-corrected chi connectivity index (χ4v) is 1.19. The summed E-state index contributed by atoms with van der Waals surface area (Å²) in [6.07, 6.45) is -1.91. The van der Waals surface area contributed by atoms with Crippen LogP contribution < -0.4 is 0 Å². The summed E-state index contributed by atoms with van der Waals surface area (Å²) in [7, 11) is 0. The van der Waals surface area contributed by atoms with E-state index >= 15 is 0 Å². The van der Waals surface area contributed by atoms with Gasteiger partial charge in [0.1, 0.15) is 11.9 Å². The van der Waals surface area contributed by atoms with Crippen molar-refractivity contribution in [2.75, 3.05) is 0 Å². The molecule has 0 saturated heterocycles. The van der Waals surface area contributed by atoms with Gasteiger partial charge in [0.05, 0.1) is 6.10 Å². The topological polar surface area (TPSA) is 40.5 Å². The molecule has 0 aliphatic carbocycles. The quantitative estimate of drug-likeness (QED) is 0.732. The molecule has 2 unspecified atom stereocenters. The molecule has 0 fully saturated rings. The first-order chi connectivity index (χ1) is 6.02. The third-order valence-electron chi connectivity index (χ3n) is 2.02. The van der Waals surface area contributed by atoms with Crippen molar-refractivity contribution < 1.29 is 14.6 Å².